The minimum atomic E-state index is 0.767. The summed E-state index contributed by atoms with van der Waals surface area (Å²) in [6.45, 7) is 0. The molecule has 1 heterocycles. The zero-order chi connectivity index (χ0) is 9.10. The van der Waals surface area contributed by atoms with Gasteiger partial charge in [-0.2, -0.15) is 5.10 Å². The molecule has 0 unspecified atom stereocenters. The Kier molecular flexibility index (Phi) is 1.96. The monoisotopic (exact) mass is 174 g/mol. The van der Waals surface area contributed by atoms with E-state index >= 15 is 0 Å². The van der Waals surface area contributed by atoms with E-state index in [1.165, 1.54) is 0 Å². The van der Waals surface area contributed by atoms with Crippen molar-refractivity contribution in [3.8, 4) is 5.69 Å². The predicted octanol–water partition coefficient (Wildman–Crippen LogP) is 1.31. The Labute approximate surface area is 76.2 Å². The number of nitrogens with zero attached hydrogens (tertiary/aromatic N) is 3. The zero-order valence-corrected chi connectivity index (χ0v) is 7.31. The van der Waals surface area contributed by atoms with Crippen LogP contribution in [0.3, 0.4) is 0 Å². The van der Waals surface area contributed by atoms with Gasteiger partial charge in [0.05, 0.1) is 11.9 Å². The lowest BCUT2D eigenvalue weighted by Gasteiger charge is -1.96. The van der Waals surface area contributed by atoms with Gasteiger partial charge in [0.1, 0.15) is 0 Å². The second-order valence-corrected chi connectivity index (χ2v) is 2.60. The van der Waals surface area contributed by atoms with Gasteiger partial charge >= 0.3 is 0 Å². The fourth-order valence-electron chi connectivity index (χ4n) is 1.06. The third-order valence-electron chi connectivity index (χ3n) is 1.74. The summed E-state index contributed by atoms with van der Waals surface area (Å²) in [7, 11) is 1.82. The van der Waals surface area contributed by atoms with E-state index in [9.17, 15) is 0 Å². The molecule has 1 aromatic heterocycles. The van der Waals surface area contributed by atoms with Crippen LogP contribution in [0.2, 0.25) is 0 Å². The van der Waals surface area contributed by atoms with Gasteiger partial charge in [0, 0.05) is 7.05 Å². The predicted molar refractivity (Wildman–Crippen MR) is 50.9 cm³/mol. The van der Waals surface area contributed by atoms with Gasteiger partial charge in [0.25, 0.3) is 0 Å². The number of aromatic nitrogens is 3. The molecule has 0 aliphatic rings. The van der Waals surface area contributed by atoms with Crippen molar-refractivity contribution in [1.82, 2.24) is 15.0 Å². The lowest BCUT2D eigenvalue weighted by Crippen LogP contribution is -1.98. The molecule has 13 heavy (non-hydrogen) atoms. The van der Waals surface area contributed by atoms with E-state index in [0.29, 0.717) is 0 Å². The molecule has 1 N–H and O–H groups in total. The first-order valence-electron chi connectivity index (χ1n) is 4.05. The Hall–Kier alpha value is -1.84. The molecule has 0 saturated heterocycles. The zero-order valence-electron chi connectivity index (χ0n) is 7.31. The van der Waals surface area contributed by atoms with E-state index in [2.05, 4.69) is 15.5 Å². The normalized spacial score (nSPS) is 9.92. The van der Waals surface area contributed by atoms with E-state index in [1.54, 1.807) is 11.0 Å². The lowest BCUT2D eigenvalue weighted by molar-refractivity contribution is 0.753. The van der Waals surface area contributed by atoms with Crippen LogP contribution in [0.4, 0.5) is 5.82 Å². The van der Waals surface area contributed by atoms with Gasteiger partial charge in [0.15, 0.2) is 5.82 Å². The highest BCUT2D eigenvalue weighted by Gasteiger charge is 1.98. The number of anilines is 1. The van der Waals surface area contributed by atoms with Gasteiger partial charge < -0.3 is 5.32 Å². The van der Waals surface area contributed by atoms with Gasteiger partial charge in [-0.05, 0) is 12.1 Å². The van der Waals surface area contributed by atoms with E-state index in [-0.39, 0.29) is 0 Å². The van der Waals surface area contributed by atoms with Crippen LogP contribution in [0.25, 0.3) is 5.69 Å². The topological polar surface area (TPSA) is 42.7 Å². The molecule has 0 aliphatic heterocycles. The molecule has 0 fully saturated rings. The van der Waals surface area contributed by atoms with Crippen LogP contribution in [0.1, 0.15) is 0 Å². The highest BCUT2D eigenvalue weighted by Crippen LogP contribution is 2.05. The molecule has 0 atom stereocenters. The van der Waals surface area contributed by atoms with Gasteiger partial charge in [-0.15, -0.1) is 9.90 Å². The average molecular weight is 174 g/mol. The minimum absolute atomic E-state index is 0.767. The first-order chi connectivity index (χ1) is 6.40. The Bertz CT molecular complexity index is 380. The molecule has 2 aromatic rings. The van der Waals surface area contributed by atoms with Crippen molar-refractivity contribution in [2.45, 2.75) is 0 Å². The Morgan fingerprint density at radius 1 is 1.23 bits per heavy atom. The molecule has 66 valence electrons. The summed E-state index contributed by atoms with van der Waals surface area (Å²) in [5.41, 5.74) is 0.962. The van der Waals surface area contributed by atoms with Crippen molar-refractivity contribution in [2.24, 2.45) is 0 Å². The second kappa shape index (κ2) is 3.26. The third kappa shape index (κ3) is 1.51. The summed E-state index contributed by atoms with van der Waals surface area (Å²) in [6.07, 6.45) is 1.69. The minimum Gasteiger partial charge on any atom is -0.370 e. The maximum Gasteiger partial charge on any atom is 0.168 e. The van der Waals surface area contributed by atoms with Crippen LogP contribution in [0.15, 0.2) is 36.5 Å². The molecule has 0 spiro atoms. The molecular weight excluding hydrogens is 164 g/mol. The van der Waals surface area contributed by atoms with Crippen molar-refractivity contribution < 1.29 is 0 Å². The van der Waals surface area contributed by atoms with Crippen LogP contribution in [0, 0.1) is 0 Å². The Morgan fingerprint density at radius 3 is 2.62 bits per heavy atom. The maximum absolute atomic E-state index is 4.19. The molecule has 2 rings (SSSR count). The summed E-state index contributed by atoms with van der Waals surface area (Å²) in [6, 6.07) is 9.79. The molecule has 0 amide bonds. The molecule has 0 aliphatic carbocycles. The number of para-hydroxylation sites is 1. The highest BCUT2D eigenvalue weighted by molar-refractivity contribution is 5.33. The van der Waals surface area contributed by atoms with E-state index < -0.39 is 0 Å². The van der Waals surface area contributed by atoms with Gasteiger partial charge in [-0.3, -0.25) is 0 Å². The number of rotatable bonds is 2. The molecule has 4 heteroatoms. The number of benzene rings is 1. The molecule has 1 aromatic carbocycles. The van der Waals surface area contributed by atoms with Gasteiger partial charge in [-0.1, -0.05) is 18.2 Å². The van der Waals surface area contributed by atoms with Crippen LogP contribution < -0.4 is 5.32 Å². The van der Waals surface area contributed by atoms with Gasteiger partial charge in [0.2, 0.25) is 0 Å². The summed E-state index contributed by atoms with van der Waals surface area (Å²) in [4.78, 5) is 1.59. The second-order valence-electron chi connectivity index (χ2n) is 2.60. The van der Waals surface area contributed by atoms with Gasteiger partial charge in [-0.25, -0.2) is 0 Å². The number of hydrogen-bond acceptors (Lipinski definition) is 3. The van der Waals surface area contributed by atoms with Crippen molar-refractivity contribution in [2.75, 3.05) is 12.4 Å². The standard InChI is InChI=1S/C9H10N4/c1-10-9-7-11-13(12-9)8-5-3-2-4-6-8/h2-7H,1H3,(H,10,12). The lowest BCUT2D eigenvalue weighted by atomic mass is 10.3. The number of nitrogens with one attached hydrogen (secondary N) is 1. The maximum atomic E-state index is 4.19. The third-order valence-corrected chi connectivity index (χ3v) is 1.74. The first kappa shape index (κ1) is 7.79. The van der Waals surface area contributed by atoms with E-state index in [1.807, 2.05) is 37.4 Å². The Morgan fingerprint density at radius 2 is 2.00 bits per heavy atom. The fraction of sp³-hybridized carbons (Fsp3) is 0.111. The Balaban J connectivity index is 2.36. The van der Waals surface area contributed by atoms with E-state index in [0.717, 1.165) is 11.5 Å². The average Bonchev–Trinajstić information content (AvgIpc) is 2.67. The molecule has 0 bridgehead atoms. The van der Waals surface area contributed by atoms with Crippen molar-refractivity contribution in [3.05, 3.63) is 36.5 Å². The van der Waals surface area contributed by atoms with Crippen LogP contribution in [-0.4, -0.2) is 22.0 Å². The van der Waals surface area contributed by atoms with Crippen LogP contribution >= 0.6 is 0 Å². The molecule has 0 saturated carbocycles. The summed E-state index contributed by atoms with van der Waals surface area (Å²) in [5.74, 6) is 0.767. The highest BCUT2D eigenvalue weighted by atomic mass is 15.5. The SMILES string of the molecule is CNc1cnn(-c2ccccc2)n1. The first-order valence-corrected chi connectivity index (χ1v) is 4.05. The van der Waals surface area contributed by atoms with Crippen molar-refractivity contribution in [1.29, 1.82) is 0 Å². The largest absolute Gasteiger partial charge is 0.370 e. The molecule has 4 nitrogen and oxygen atoms in total. The van der Waals surface area contributed by atoms with Crippen molar-refractivity contribution >= 4 is 5.82 Å². The van der Waals surface area contributed by atoms with Crippen LogP contribution in [-0.2, 0) is 0 Å². The van der Waals surface area contributed by atoms with E-state index in [4.69, 9.17) is 0 Å². The summed E-state index contributed by atoms with van der Waals surface area (Å²) < 4.78 is 0. The molecular formula is C9H10N4. The fourth-order valence-corrected chi connectivity index (χ4v) is 1.06. The summed E-state index contributed by atoms with van der Waals surface area (Å²) in [5, 5.41) is 11.2. The smallest absolute Gasteiger partial charge is 0.168 e. The number of hydrogen-bond donors (Lipinski definition) is 1. The summed E-state index contributed by atoms with van der Waals surface area (Å²) >= 11 is 0. The van der Waals surface area contributed by atoms with Crippen molar-refractivity contribution in [3.63, 3.8) is 0 Å². The van der Waals surface area contributed by atoms with Crippen LogP contribution in [0.5, 0.6) is 0 Å². The quantitative estimate of drug-likeness (QED) is 0.746. The molecule has 0 radical (unpaired) electrons.